The molecule has 1 aliphatic heterocycles. The number of aromatic nitrogens is 2. The Morgan fingerprint density at radius 2 is 1.66 bits per heavy atom. The third-order valence-corrected chi connectivity index (χ3v) is 5.33. The Balaban J connectivity index is 1.86. The average molecular weight is 438 g/mol. The van der Waals surface area contributed by atoms with Crippen LogP contribution < -0.4 is 0 Å². The monoisotopic (exact) mass is 438 g/mol. The van der Waals surface area contributed by atoms with E-state index >= 15 is 0 Å². The van der Waals surface area contributed by atoms with Crippen molar-refractivity contribution in [3.63, 3.8) is 0 Å². The zero-order valence-electron chi connectivity index (χ0n) is 17.8. The van der Waals surface area contributed by atoms with E-state index in [0.717, 1.165) is 17.0 Å². The number of halogens is 2. The third-order valence-electron chi connectivity index (χ3n) is 5.33. The molecule has 2 heterocycles. The molecule has 0 spiro atoms. The number of nitrogens with zero attached hydrogens (tertiary/aromatic N) is 2. The summed E-state index contributed by atoms with van der Waals surface area (Å²) in [6, 6.07) is 12.1. The molecule has 0 radical (unpaired) electrons. The van der Waals surface area contributed by atoms with Crippen molar-refractivity contribution in [3.05, 3.63) is 72.1 Å². The largest absolute Gasteiger partial charge is 0.458 e. The van der Waals surface area contributed by atoms with Gasteiger partial charge in [-0.2, -0.15) is 0 Å². The molecule has 5 nitrogen and oxygen atoms in total. The predicted molar refractivity (Wildman–Crippen MR) is 118 cm³/mol. The number of hydrogen-bond acceptors (Lipinski definition) is 4. The van der Waals surface area contributed by atoms with E-state index in [1.807, 2.05) is 18.4 Å². The van der Waals surface area contributed by atoms with E-state index in [1.54, 1.807) is 36.5 Å². The van der Waals surface area contributed by atoms with Gasteiger partial charge in [-0.25, -0.2) is 13.8 Å². The number of benzene rings is 2. The third kappa shape index (κ3) is 4.62. The van der Waals surface area contributed by atoms with E-state index in [0.29, 0.717) is 17.8 Å². The fourth-order valence-electron chi connectivity index (χ4n) is 3.81. The first-order chi connectivity index (χ1) is 15.3. The second-order valence-electron chi connectivity index (χ2n) is 8.17. The van der Waals surface area contributed by atoms with Crippen LogP contribution in [-0.2, 0) is 9.53 Å². The number of aliphatic hydroxyl groups excluding tert-OH is 1. The van der Waals surface area contributed by atoms with Gasteiger partial charge in [0.05, 0.1) is 23.9 Å². The van der Waals surface area contributed by atoms with Gasteiger partial charge in [0.15, 0.2) is 0 Å². The molecule has 1 fully saturated rings. The second kappa shape index (κ2) is 9.04. The Morgan fingerprint density at radius 3 is 2.22 bits per heavy atom. The SMILES string of the molecule is CC(C)c1nc(-c2ccc(F)cc2)c(-c2ccc(F)cc2)n1/C=C/[C@H]1C[C@H](O)CC(=O)O1. The first-order valence-electron chi connectivity index (χ1n) is 10.5. The molecule has 2 atom stereocenters. The van der Waals surface area contributed by atoms with Gasteiger partial charge in [-0.3, -0.25) is 4.79 Å². The van der Waals surface area contributed by atoms with Crippen LogP contribution >= 0.6 is 0 Å². The summed E-state index contributed by atoms with van der Waals surface area (Å²) >= 11 is 0. The van der Waals surface area contributed by atoms with Gasteiger partial charge in [0.1, 0.15) is 23.6 Å². The summed E-state index contributed by atoms with van der Waals surface area (Å²) in [7, 11) is 0. The second-order valence-corrected chi connectivity index (χ2v) is 8.17. The highest BCUT2D eigenvalue weighted by Gasteiger charge is 2.26. The van der Waals surface area contributed by atoms with Crippen LogP contribution in [0.5, 0.6) is 0 Å². The molecule has 2 aromatic carbocycles. The van der Waals surface area contributed by atoms with E-state index in [4.69, 9.17) is 9.72 Å². The van der Waals surface area contributed by atoms with Gasteiger partial charge in [-0.15, -0.1) is 0 Å². The highest BCUT2D eigenvalue weighted by Crippen LogP contribution is 2.35. The Kier molecular flexibility index (Phi) is 6.19. The number of imidazole rings is 1. The molecule has 0 saturated carbocycles. The molecule has 0 amide bonds. The smallest absolute Gasteiger partial charge is 0.309 e. The number of carbonyl (C=O) groups is 1. The highest BCUT2D eigenvalue weighted by atomic mass is 19.1. The minimum absolute atomic E-state index is 0.0117. The number of aliphatic hydroxyl groups is 1. The highest BCUT2D eigenvalue weighted by molar-refractivity contribution is 5.81. The Hall–Kier alpha value is -3.32. The fourth-order valence-corrected chi connectivity index (χ4v) is 3.81. The lowest BCUT2D eigenvalue weighted by Gasteiger charge is -2.23. The van der Waals surface area contributed by atoms with Crippen LogP contribution in [0, 0.1) is 11.6 Å². The molecule has 1 N–H and O–H groups in total. The molecule has 7 heteroatoms. The predicted octanol–water partition coefficient (Wildman–Crippen LogP) is 5.16. The average Bonchev–Trinajstić information content (AvgIpc) is 3.12. The van der Waals surface area contributed by atoms with Crippen LogP contribution in [-0.4, -0.2) is 32.8 Å². The van der Waals surface area contributed by atoms with Crippen molar-refractivity contribution < 1.29 is 23.4 Å². The first kappa shape index (κ1) is 21.9. The normalized spacial score (nSPS) is 19.0. The summed E-state index contributed by atoms with van der Waals surface area (Å²) in [6.07, 6.45) is 2.47. The minimum Gasteiger partial charge on any atom is -0.458 e. The van der Waals surface area contributed by atoms with Crippen molar-refractivity contribution in [2.45, 2.75) is 44.8 Å². The van der Waals surface area contributed by atoms with Crippen LogP contribution in [0.15, 0.2) is 54.6 Å². The summed E-state index contributed by atoms with van der Waals surface area (Å²) in [4.78, 5) is 16.5. The van der Waals surface area contributed by atoms with Gasteiger partial charge in [0, 0.05) is 29.7 Å². The summed E-state index contributed by atoms with van der Waals surface area (Å²) in [5, 5.41) is 9.90. The van der Waals surface area contributed by atoms with Crippen LogP contribution in [0.3, 0.4) is 0 Å². The van der Waals surface area contributed by atoms with Crippen LogP contribution in [0.1, 0.15) is 38.4 Å². The van der Waals surface area contributed by atoms with Gasteiger partial charge in [0.25, 0.3) is 0 Å². The number of rotatable bonds is 5. The lowest BCUT2D eigenvalue weighted by molar-refractivity contribution is -0.156. The van der Waals surface area contributed by atoms with E-state index in [-0.39, 0.29) is 24.0 Å². The Bertz CT molecular complexity index is 1140. The summed E-state index contributed by atoms with van der Waals surface area (Å²) < 4.78 is 34.4. The lowest BCUT2D eigenvalue weighted by Crippen LogP contribution is -2.31. The molecule has 1 saturated heterocycles. The maximum absolute atomic E-state index is 13.6. The number of esters is 1. The molecule has 4 rings (SSSR count). The van der Waals surface area contributed by atoms with Gasteiger partial charge < -0.3 is 14.4 Å². The number of ether oxygens (including phenoxy) is 1. The van der Waals surface area contributed by atoms with Gasteiger partial charge in [-0.05, 0) is 54.6 Å². The quantitative estimate of drug-likeness (QED) is 0.559. The molecule has 1 aliphatic rings. The van der Waals surface area contributed by atoms with Gasteiger partial charge >= 0.3 is 5.97 Å². The van der Waals surface area contributed by atoms with Crippen LogP contribution in [0.25, 0.3) is 28.7 Å². The molecule has 32 heavy (non-hydrogen) atoms. The van der Waals surface area contributed by atoms with Crippen molar-refractivity contribution in [3.8, 4) is 22.5 Å². The standard InChI is InChI=1S/C25H24F2N2O3/c1-15(2)25-28-23(16-3-7-18(26)8-4-16)24(17-5-9-19(27)10-6-17)29(25)12-11-21-13-20(30)14-22(31)32-21/h3-12,15,20-21,30H,13-14H2,1-2H3/b12-11+/t20-,21-/m0/s1. The number of hydrogen-bond donors (Lipinski definition) is 1. The molecule has 166 valence electrons. The van der Waals surface area contributed by atoms with E-state index in [9.17, 15) is 18.7 Å². The van der Waals surface area contributed by atoms with Gasteiger partial charge in [-0.1, -0.05) is 13.8 Å². The van der Waals surface area contributed by atoms with Crippen LogP contribution in [0.4, 0.5) is 8.78 Å². The molecular formula is C25H24F2N2O3. The van der Waals surface area contributed by atoms with E-state index in [2.05, 4.69) is 0 Å². The molecule has 0 aliphatic carbocycles. The number of carbonyl (C=O) groups excluding carboxylic acids is 1. The van der Waals surface area contributed by atoms with Crippen molar-refractivity contribution in [2.24, 2.45) is 0 Å². The van der Waals surface area contributed by atoms with Crippen molar-refractivity contribution in [1.82, 2.24) is 9.55 Å². The van der Waals surface area contributed by atoms with E-state index < -0.39 is 18.2 Å². The summed E-state index contributed by atoms with van der Waals surface area (Å²) in [5.74, 6) is -0.377. The lowest BCUT2D eigenvalue weighted by atomic mass is 10.0. The molecule has 1 aromatic heterocycles. The Labute approximate surface area is 185 Å². The minimum atomic E-state index is -0.746. The first-order valence-corrected chi connectivity index (χ1v) is 10.5. The van der Waals surface area contributed by atoms with E-state index in [1.165, 1.54) is 24.3 Å². The van der Waals surface area contributed by atoms with Crippen molar-refractivity contribution in [1.29, 1.82) is 0 Å². The zero-order chi connectivity index (χ0) is 22.8. The van der Waals surface area contributed by atoms with Crippen LogP contribution in [0.2, 0.25) is 0 Å². The maximum Gasteiger partial charge on any atom is 0.309 e. The fraction of sp³-hybridized carbons (Fsp3) is 0.280. The molecule has 0 bridgehead atoms. The molecular weight excluding hydrogens is 414 g/mol. The summed E-state index contributed by atoms with van der Waals surface area (Å²) in [6.45, 7) is 4.00. The topological polar surface area (TPSA) is 64.3 Å². The van der Waals surface area contributed by atoms with Gasteiger partial charge in [0.2, 0.25) is 0 Å². The van der Waals surface area contributed by atoms with Crippen molar-refractivity contribution >= 4 is 12.2 Å². The zero-order valence-corrected chi connectivity index (χ0v) is 17.8. The molecule has 3 aromatic rings. The van der Waals surface area contributed by atoms with Crippen molar-refractivity contribution in [2.75, 3.05) is 0 Å². The Morgan fingerprint density at radius 1 is 1.06 bits per heavy atom. The molecule has 0 unspecified atom stereocenters. The number of cyclic esters (lactones) is 1. The maximum atomic E-state index is 13.6. The summed E-state index contributed by atoms with van der Waals surface area (Å²) in [5.41, 5.74) is 2.79.